The first-order valence-electron chi connectivity index (χ1n) is 11.6. The topological polar surface area (TPSA) is 56.2 Å². The van der Waals surface area contributed by atoms with Crippen molar-refractivity contribution in [2.24, 2.45) is 0 Å². The Morgan fingerprint density at radius 2 is 1.70 bits per heavy atom. The number of hydrogen-bond acceptors (Lipinski definition) is 3. The summed E-state index contributed by atoms with van der Waals surface area (Å²) in [5.74, 6) is 2.02. The van der Waals surface area contributed by atoms with E-state index in [9.17, 15) is 4.79 Å². The Morgan fingerprint density at radius 1 is 0.939 bits per heavy atom. The van der Waals surface area contributed by atoms with Crippen molar-refractivity contribution in [3.63, 3.8) is 0 Å². The van der Waals surface area contributed by atoms with E-state index in [1.807, 2.05) is 67.6 Å². The molecule has 33 heavy (non-hydrogen) atoms. The predicted molar refractivity (Wildman–Crippen MR) is 133 cm³/mol. The summed E-state index contributed by atoms with van der Waals surface area (Å²) in [6, 6.07) is 26.2. The minimum absolute atomic E-state index is 0.0656. The average molecular weight is 442 g/mol. The summed E-state index contributed by atoms with van der Waals surface area (Å²) in [4.78, 5) is 17.2. The average Bonchev–Trinajstić information content (AvgIpc) is 3.19. The lowest BCUT2D eigenvalue weighted by molar-refractivity contribution is -0.120. The molecule has 0 fully saturated rings. The Labute approximate surface area is 195 Å². The summed E-state index contributed by atoms with van der Waals surface area (Å²) in [6.45, 7) is 4.19. The van der Waals surface area contributed by atoms with Gasteiger partial charge in [-0.1, -0.05) is 54.6 Å². The molecular weight excluding hydrogens is 410 g/mol. The van der Waals surface area contributed by atoms with Crippen molar-refractivity contribution < 1.29 is 9.53 Å². The summed E-state index contributed by atoms with van der Waals surface area (Å²) >= 11 is 0. The molecule has 0 aliphatic rings. The molecule has 0 bridgehead atoms. The molecular formula is C28H31N3O2. The van der Waals surface area contributed by atoms with E-state index in [0.29, 0.717) is 19.6 Å². The van der Waals surface area contributed by atoms with Crippen molar-refractivity contribution in [3.8, 4) is 5.75 Å². The quantitative estimate of drug-likeness (QED) is 0.329. The number of rotatable bonds is 11. The summed E-state index contributed by atoms with van der Waals surface area (Å²) < 4.78 is 8.15. The van der Waals surface area contributed by atoms with Crippen LogP contribution in [0.4, 0.5) is 0 Å². The molecule has 0 unspecified atom stereocenters. The molecule has 1 N–H and O–H groups in total. The number of nitrogens with zero attached hydrogens (tertiary/aromatic N) is 2. The molecule has 4 rings (SSSR count). The van der Waals surface area contributed by atoms with Crippen LogP contribution < -0.4 is 10.1 Å². The fraction of sp³-hybridized carbons (Fsp3) is 0.286. The van der Waals surface area contributed by atoms with Gasteiger partial charge in [-0.2, -0.15) is 0 Å². The van der Waals surface area contributed by atoms with E-state index in [4.69, 9.17) is 9.72 Å². The number of para-hydroxylation sites is 3. The van der Waals surface area contributed by atoms with Crippen LogP contribution in [0.1, 0.15) is 29.8 Å². The lowest BCUT2D eigenvalue weighted by Gasteiger charge is -2.11. The normalized spacial score (nSPS) is 10.9. The highest BCUT2D eigenvalue weighted by atomic mass is 16.5. The molecule has 4 aromatic rings. The van der Waals surface area contributed by atoms with E-state index in [2.05, 4.69) is 28.1 Å². The van der Waals surface area contributed by atoms with Crippen LogP contribution in [0.25, 0.3) is 11.0 Å². The van der Waals surface area contributed by atoms with Crippen LogP contribution in [0.2, 0.25) is 0 Å². The van der Waals surface area contributed by atoms with E-state index in [0.717, 1.165) is 59.5 Å². The first-order chi connectivity index (χ1) is 16.2. The van der Waals surface area contributed by atoms with Crippen LogP contribution in [0.3, 0.4) is 0 Å². The van der Waals surface area contributed by atoms with Gasteiger partial charge in [0.15, 0.2) is 0 Å². The molecule has 0 saturated heterocycles. The third-order valence-corrected chi connectivity index (χ3v) is 5.78. The highest BCUT2D eigenvalue weighted by molar-refractivity contribution is 5.79. The van der Waals surface area contributed by atoms with Crippen LogP contribution in [-0.2, 0) is 24.2 Å². The number of ether oxygens (including phenoxy) is 1. The zero-order chi connectivity index (χ0) is 22.9. The maximum Gasteiger partial charge on any atom is 0.224 e. The van der Waals surface area contributed by atoms with Gasteiger partial charge in [-0.05, 0) is 55.2 Å². The highest BCUT2D eigenvalue weighted by Gasteiger charge is 2.11. The third kappa shape index (κ3) is 6.22. The lowest BCUT2D eigenvalue weighted by Crippen LogP contribution is -2.26. The Balaban J connectivity index is 1.29. The molecule has 0 atom stereocenters. The molecule has 1 heterocycles. The van der Waals surface area contributed by atoms with Crippen LogP contribution >= 0.6 is 0 Å². The first kappa shape index (κ1) is 22.6. The minimum Gasteiger partial charge on any atom is -0.494 e. The van der Waals surface area contributed by atoms with Gasteiger partial charge in [0.25, 0.3) is 0 Å². The smallest absolute Gasteiger partial charge is 0.224 e. The van der Waals surface area contributed by atoms with Crippen LogP contribution in [0, 0.1) is 6.92 Å². The monoisotopic (exact) mass is 441 g/mol. The number of imidazole rings is 1. The van der Waals surface area contributed by atoms with Gasteiger partial charge in [0, 0.05) is 19.5 Å². The summed E-state index contributed by atoms with van der Waals surface area (Å²) in [6.07, 6.45) is 2.99. The molecule has 5 nitrogen and oxygen atoms in total. The molecule has 0 saturated carbocycles. The second-order valence-electron chi connectivity index (χ2n) is 8.24. The van der Waals surface area contributed by atoms with Gasteiger partial charge in [0.2, 0.25) is 5.91 Å². The number of fused-ring (bicyclic) bond motifs is 1. The van der Waals surface area contributed by atoms with Gasteiger partial charge in [-0.3, -0.25) is 4.79 Å². The van der Waals surface area contributed by atoms with E-state index in [1.54, 1.807) is 0 Å². The number of carbonyl (C=O) groups excluding carboxylic acids is 1. The van der Waals surface area contributed by atoms with Crippen molar-refractivity contribution >= 4 is 16.9 Å². The van der Waals surface area contributed by atoms with Gasteiger partial charge in [-0.15, -0.1) is 0 Å². The minimum atomic E-state index is 0.0656. The summed E-state index contributed by atoms with van der Waals surface area (Å²) in [7, 11) is 0. The molecule has 1 aromatic heterocycles. The Bertz CT molecular complexity index is 1180. The maximum absolute atomic E-state index is 12.3. The molecule has 5 heteroatoms. The van der Waals surface area contributed by atoms with Gasteiger partial charge >= 0.3 is 0 Å². The number of benzene rings is 3. The molecule has 0 aliphatic heterocycles. The van der Waals surface area contributed by atoms with Gasteiger partial charge in [0.05, 0.1) is 24.1 Å². The van der Waals surface area contributed by atoms with Crippen molar-refractivity contribution in [1.82, 2.24) is 14.9 Å². The zero-order valence-electron chi connectivity index (χ0n) is 19.2. The Morgan fingerprint density at radius 3 is 2.55 bits per heavy atom. The molecule has 0 aliphatic carbocycles. The SMILES string of the molecule is Cc1ccccc1CC(=O)NCCCc1nc2ccccc2n1CCCOc1ccccc1. The number of nitrogens with one attached hydrogen (secondary N) is 1. The third-order valence-electron chi connectivity index (χ3n) is 5.78. The molecule has 0 spiro atoms. The van der Waals surface area contributed by atoms with Crippen LogP contribution in [0.15, 0.2) is 78.9 Å². The first-order valence-corrected chi connectivity index (χ1v) is 11.6. The predicted octanol–water partition coefficient (Wildman–Crippen LogP) is 5.11. The van der Waals surface area contributed by atoms with Crippen molar-refractivity contribution in [2.75, 3.05) is 13.2 Å². The second kappa shape index (κ2) is 11.3. The lowest BCUT2D eigenvalue weighted by atomic mass is 10.1. The largest absolute Gasteiger partial charge is 0.494 e. The van der Waals surface area contributed by atoms with Crippen molar-refractivity contribution in [3.05, 3.63) is 95.8 Å². The van der Waals surface area contributed by atoms with Crippen molar-refractivity contribution in [1.29, 1.82) is 0 Å². The summed E-state index contributed by atoms with van der Waals surface area (Å²) in [5, 5.41) is 3.06. The van der Waals surface area contributed by atoms with E-state index < -0.39 is 0 Å². The molecule has 1 amide bonds. The fourth-order valence-corrected chi connectivity index (χ4v) is 4.01. The fourth-order valence-electron chi connectivity index (χ4n) is 4.01. The van der Waals surface area contributed by atoms with Gasteiger partial charge < -0.3 is 14.6 Å². The van der Waals surface area contributed by atoms with Crippen LogP contribution in [0.5, 0.6) is 5.75 Å². The van der Waals surface area contributed by atoms with E-state index in [1.165, 1.54) is 0 Å². The Hall–Kier alpha value is -3.60. The number of aryl methyl sites for hydroxylation is 3. The molecule has 170 valence electrons. The Kier molecular flexibility index (Phi) is 7.75. The van der Waals surface area contributed by atoms with E-state index in [-0.39, 0.29) is 5.91 Å². The maximum atomic E-state index is 12.3. The second-order valence-corrected chi connectivity index (χ2v) is 8.24. The zero-order valence-corrected chi connectivity index (χ0v) is 19.2. The number of aromatic nitrogens is 2. The number of carbonyl (C=O) groups is 1. The van der Waals surface area contributed by atoms with Crippen molar-refractivity contribution in [2.45, 2.75) is 39.2 Å². The standard InChI is InChI=1S/C28H31N3O2/c1-22-11-5-6-12-23(22)21-28(32)29-18-9-17-27-30-25-15-7-8-16-26(25)31(27)19-10-20-33-24-13-3-2-4-14-24/h2-8,11-16H,9-10,17-21H2,1H3,(H,29,32). The molecule has 3 aromatic carbocycles. The van der Waals surface area contributed by atoms with Crippen LogP contribution in [-0.4, -0.2) is 28.6 Å². The van der Waals surface area contributed by atoms with E-state index >= 15 is 0 Å². The molecule has 0 radical (unpaired) electrons. The van der Waals surface area contributed by atoms with Gasteiger partial charge in [-0.25, -0.2) is 4.98 Å². The highest BCUT2D eigenvalue weighted by Crippen LogP contribution is 2.18. The summed E-state index contributed by atoms with van der Waals surface area (Å²) in [5.41, 5.74) is 4.39. The number of hydrogen-bond donors (Lipinski definition) is 1. The van der Waals surface area contributed by atoms with Gasteiger partial charge in [0.1, 0.15) is 11.6 Å². The number of amides is 1.